The summed E-state index contributed by atoms with van der Waals surface area (Å²) in [7, 11) is 0. The van der Waals surface area contributed by atoms with Crippen molar-refractivity contribution in [2.24, 2.45) is 0 Å². The number of hydrogen-bond acceptors (Lipinski definition) is 2. The molecule has 1 N–H and O–H groups in total. The molecular weight excluding hydrogens is 192 g/mol. The minimum absolute atomic E-state index is 0.166. The van der Waals surface area contributed by atoms with Gasteiger partial charge in [-0.25, -0.2) is 0 Å². The molecule has 2 rings (SSSR count). The summed E-state index contributed by atoms with van der Waals surface area (Å²) in [4.78, 5) is 1.17. The van der Waals surface area contributed by atoms with Gasteiger partial charge in [-0.2, -0.15) is 0 Å². The van der Waals surface area contributed by atoms with Crippen LogP contribution in [-0.2, 0) is 0 Å². The van der Waals surface area contributed by atoms with Crippen LogP contribution in [0.25, 0.3) is 0 Å². The van der Waals surface area contributed by atoms with Gasteiger partial charge in [-0.05, 0) is 24.3 Å². The molecule has 0 radical (unpaired) electrons. The van der Waals surface area contributed by atoms with Crippen molar-refractivity contribution in [1.82, 2.24) is 0 Å². The number of rotatable bonds is 1. The highest BCUT2D eigenvalue weighted by atomic mass is 35.5. The van der Waals surface area contributed by atoms with E-state index in [0.29, 0.717) is 5.92 Å². The lowest BCUT2D eigenvalue weighted by Gasteiger charge is -2.12. The van der Waals surface area contributed by atoms with Gasteiger partial charge < -0.3 is 5.11 Å². The van der Waals surface area contributed by atoms with Gasteiger partial charge in [0.25, 0.3) is 0 Å². The van der Waals surface area contributed by atoms with Gasteiger partial charge in [0.05, 0.1) is 11.1 Å². The topological polar surface area (TPSA) is 20.2 Å². The van der Waals surface area contributed by atoms with Gasteiger partial charge in [-0.15, -0.1) is 11.3 Å². The molecule has 0 amide bonds. The Morgan fingerprint density at radius 3 is 2.83 bits per heavy atom. The number of aliphatic hydroxyl groups is 1. The Morgan fingerprint density at radius 2 is 2.33 bits per heavy atom. The van der Waals surface area contributed by atoms with Crippen molar-refractivity contribution in [2.45, 2.75) is 31.3 Å². The van der Waals surface area contributed by atoms with Gasteiger partial charge in [0.2, 0.25) is 0 Å². The highest BCUT2D eigenvalue weighted by Gasteiger charge is 2.28. The summed E-state index contributed by atoms with van der Waals surface area (Å²) in [6.45, 7) is 0. The fourth-order valence-corrected chi connectivity index (χ4v) is 3.21. The Bertz CT molecular complexity index is 271. The van der Waals surface area contributed by atoms with Crippen molar-refractivity contribution in [1.29, 1.82) is 0 Å². The second-order valence-electron chi connectivity index (χ2n) is 3.24. The van der Waals surface area contributed by atoms with Crippen LogP contribution < -0.4 is 0 Å². The van der Waals surface area contributed by atoms with Crippen LogP contribution in [0.15, 0.2) is 11.4 Å². The van der Waals surface area contributed by atoms with E-state index in [1.165, 1.54) is 4.88 Å². The second kappa shape index (κ2) is 3.36. The third kappa shape index (κ3) is 1.39. The maximum atomic E-state index is 9.63. The van der Waals surface area contributed by atoms with Gasteiger partial charge in [0.15, 0.2) is 0 Å². The number of thiophene rings is 1. The Morgan fingerprint density at radius 1 is 1.50 bits per heavy atom. The molecule has 1 aliphatic carbocycles. The molecule has 0 bridgehead atoms. The van der Waals surface area contributed by atoms with Gasteiger partial charge >= 0.3 is 0 Å². The van der Waals surface area contributed by atoms with Crippen LogP contribution in [-0.4, -0.2) is 11.2 Å². The predicted octanol–water partition coefficient (Wildman–Crippen LogP) is 3.03. The van der Waals surface area contributed by atoms with Gasteiger partial charge in [-0.3, -0.25) is 0 Å². The van der Waals surface area contributed by atoms with Crippen LogP contribution >= 0.6 is 22.9 Å². The lowest BCUT2D eigenvalue weighted by atomic mass is 10.0. The van der Waals surface area contributed by atoms with Crippen LogP contribution in [0.2, 0.25) is 5.02 Å². The van der Waals surface area contributed by atoms with E-state index in [0.717, 1.165) is 24.3 Å². The summed E-state index contributed by atoms with van der Waals surface area (Å²) in [5.74, 6) is 0.303. The van der Waals surface area contributed by atoms with E-state index in [9.17, 15) is 5.11 Å². The van der Waals surface area contributed by atoms with Crippen molar-refractivity contribution >= 4 is 22.9 Å². The zero-order valence-electron chi connectivity index (χ0n) is 6.66. The summed E-state index contributed by atoms with van der Waals surface area (Å²) >= 11 is 7.64. The van der Waals surface area contributed by atoms with E-state index in [1.54, 1.807) is 11.3 Å². The Balaban J connectivity index is 2.24. The van der Waals surface area contributed by atoms with E-state index in [-0.39, 0.29) is 6.10 Å². The second-order valence-corrected chi connectivity index (χ2v) is 4.59. The molecule has 66 valence electrons. The third-order valence-corrected chi connectivity index (χ3v) is 3.95. The first kappa shape index (κ1) is 8.54. The summed E-state index contributed by atoms with van der Waals surface area (Å²) in [5, 5.41) is 12.4. The van der Waals surface area contributed by atoms with E-state index in [4.69, 9.17) is 11.6 Å². The van der Waals surface area contributed by atoms with Crippen LogP contribution in [0.1, 0.15) is 30.1 Å². The maximum Gasteiger partial charge on any atom is 0.0617 e. The number of hydrogen-bond donors (Lipinski definition) is 1. The Labute approximate surface area is 81.0 Å². The molecule has 1 heterocycles. The molecule has 1 saturated carbocycles. The van der Waals surface area contributed by atoms with Gasteiger partial charge in [0, 0.05) is 10.8 Å². The molecule has 0 saturated heterocycles. The van der Waals surface area contributed by atoms with Crippen LogP contribution in [0, 0.1) is 0 Å². The van der Waals surface area contributed by atoms with Crippen molar-refractivity contribution in [2.75, 3.05) is 0 Å². The normalized spacial score (nSPS) is 29.5. The molecule has 12 heavy (non-hydrogen) atoms. The molecule has 1 fully saturated rings. The maximum absolute atomic E-state index is 9.63. The summed E-state index contributed by atoms with van der Waals surface area (Å²) in [6.07, 6.45) is 2.97. The third-order valence-electron chi connectivity index (χ3n) is 2.46. The fraction of sp³-hybridized carbons (Fsp3) is 0.556. The Kier molecular flexibility index (Phi) is 2.40. The minimum Gasteiger partial charge on any atom is -0.392 e. The molecule has 2 unspecified atom stereocenters. The zero-order valence-corrected chi connectivity index (χ0v) is 8.24. The predicted molar refractivity (Wildman–Crippen MR) is 51.9 cm³/mol. The summed E-state index contributed by atoms with van der Waals surface area (Å²) in [5.41, 5.74) is 0. The van der Waals surface area contributed by atoms with E-state index < -0.39 is 0 Å². The first-order chi connectivity index (χ1) is 5.79. The lowest BCUT2D eigenvalue weighted by Crippen LogP contribution is -2.09. The molecule has 1 aromatic rings. The van der Waals surface area contributed by atoms with E-state index >= 15 is 0 Å². The van der Waals surface area contributed by atoms with E-state index in [2.05, 4.69) is 0 Å². The van der Waals surface area contributed by atoms with Crippen molar-refractivity contribution in [3.05, 3.63) is 21.3 Å². The van der Waals surface area contributed by atoms with Crippen LogP contribution in [0.4, 0.5) is 0 Å². The average Bonchev–Trinajstić information content (AvgIpc) is 2.59. The standard InChI is InChI=1S/C9H11ClOS/c10-7-4-5-12-9(7)6-2-1-3-8(6)11/h4-6,8,11H,1-3H2. The highest BCUT2D eigenvalue weighted by Crippen LogP contribution is 2.40. The van der Waals surface area contributed by atoms with Crippen LogP contribution in [0.5, 0.6) is 0 Å². The van der Waals surface area contributed by atoms with Gasteiger partial charge in [0.1, 0.15) is 0 Å². The van der Waals surface area contributed by atoms with Crippen molar-refractivity contribution in [3.8, 4) is 0 Å². The fourth-order valence-electron chi connectivity index (χ4n) is 1.82. The summed E-state index contributed by atoms with van der Waals surface area (Å²) in [6, 6.07) is 1.91. The van der Waals surface area contributed by atoms with Gasteiger partial charge in [-0.1, -0.05) is 18.0 Å². The smallest absolute Gasteiger partial charge is 0.0617 e. The molecule has 0 aliphatic heterocycles. The lowest BCUT2D eigenvalue weighted by molar-refractivity contribution is 0.165. The minimum atomic E-state index is -0.166. The zero-order chi connectivity index (χ0) is 8.55. The highest BCUT2D eigenvalue weighted by molar-refractivity contribution is 7.10. The monoisotopic (exact) mass is 202 g/mol. The first-order valence-corrected chi connectivity index (χ1v) is 5.46. The largest absolute Gasteiger partial charge is 0.392 e. The quantitative estimate of drug-likeness (QED) is 0.743. The molecular formula is C9H11ClOS. The number of aliphatic hydroxyl groups excluding tert-OH is 1. The summed E-state index contributed by atoms with van der Waals surface area (Å²) < 4.78 is 0. The number of halogens is 1. The SMILES string of the molecule is OC1CCCC1c1sccc1Cl. The Hall–Kier alpha value is -0.0500. The van der Waals surface area contributed by atoms with Crippen molar-refractivity contribution in [3.63, 3.8) is 0 Å². The molecule has 0 spiro atoms. The molecule has 0 aromatic carbocycles. The van der Waals surface area contributed by atoms with E-state index in [1.807, 2.05) is 11.4 Å². The van der Waals surface area contributed by atoms with Crippen LogP contribution in [0.3, 0.4) is 0 Å². The molecule has 1 aromatic heterocycles. The molecule has 1 nitrogen and oxygen atoms in total. The average molecular weight is 203 g/mol. The van der Waals surface area contributed by atoms with Crippen molar-refractivity contribution < 1.29 is 5.11 Å². The molecule has 3 heteroatoms. The molecule has 2 atom stereocenters. The molecule has 1 aliphatic rings. The first-order valence-electron chi connectivity index (χ1n) is 4.20.